The summed E-state index contributed by atoms with van der Waals surface area (Å²) >= 11 is 7.64. The molecule has 1 spiro atoms. The number of carbonyl (C=O) groups is 1. The van der Waals surface area contributed by atoms with Crippen molar-refractivity contribution in [2.75, 3.05) is 24.5 Å². The summed E-state index contributed by atoms with van der Waals surface area (Å²) in [7, 11) is 0. The van der Waals surface area contributed by atoms with Gasteiger partial charge in [-0.3, -0.25) is 4.79 Å². The van der Waals surface area contributed by atoms with Crippen LogP contribution in [0.25, 0.3) is 0 Å². The highest BCUT2D eigenvalue weighted by molar-refractivity contribution is 7.19. The second-order valence-electron chi connectivity index (χ2n) is 8.10. The Kier molecular flexibility index (Phi) is 4.71. The first kappa shape index (κ1) is 19.4. The normalized spacial score (nSPS) is 20.1. The van der Waals surface area contributed by atoms with Crippen LogP contribution in [0, 0.1) is 6.92 Å². The SMILES string of the molecule is CC(=O)N1CCC2(C1)CN(c1ncc(Cl)s1)c1ccc(Oc3cccc(C)c3)cc12. The number of fused-ring (bicyclic) bond motifs is 2. The minimum atomic E-state index is -0.134. The van der Waals surface area contributed by atoms with E-state index in [0.717, 1.165) is 47.4 Å². The highest BCUT2D eigenvalue weighted by atomic mass is 35.5. The number of benzene rings is 2. The molecule has 7 heteroatoms. The summed E-state index contributed by atoms with van der Waals surface area (Å²) in [6, 6.07) is 14.3. The number of carbonyl (C=O) groups excluding carboxylic acids is 1. The highest BCUT2D eigenvalue weighted by Gasteiger charge is 2.49. The van der Waals surface area contributed by atoms with Crippen molar-refractivity contribution in [2.45, 2.75) is 25.7 Å². The lowest BCUT2D eigenvalue weighted by atomic mass is 9.81. The van der Waals surface area contributed by atoms with E-state index >= 15 is 0 Å². The van der Waals surface area contributed by atoms with Crippen molar-refractivity contribution in [3.05, 3.63) is 64.1 Å². The van der Waals surface area contributed by atoms with Crippen LogP contribution in [0.4, 0.5) is 10.8 Å². The van der Waals surface area contributed by atoms with Gasteiger partial charge in [0.05, 0.1) is 6.20 Å². The molecule has 2 aliphatic rings. The average Bonchev–Trinajstić information content (AvgIpc) is 3.41. The molecule has 0 bridgehead atoms. The maximum atomic E-state index is 12.1. The summed E-state index contributed by atoms with van der Waals surface area (Å²) in [6.45, 7) is 5.95. The van der Waals surface area contributed by atoms with E-state index in [1.807, 2.05) is 29.2 Å². The summed E-state index contributed by atoms with van der Waals surface area (Å²) < 4.78 is 6.84. The van der Waals surface area contributed by atoms with E-state index in [0.29, 0.717) is 10.9 Å². The number of ether oxygens (including phenoxy) is 1. The van der Waals surface area contributed by atoms with Crippen molar-refractivity contribution < 1.29 is 9.53 Å². The highest BCUT2D eigenvalue weighted by Crippen LogP contribution is 2.51. The fourth-order valence-corrected chi connectivity index (χ4v) is 5.47. The Bertz CT molecular complexity index is 1130. The van der Waals surface area contributed by atoms with Crippen molar-refractivity contribution in [1.82, 2.24) is 9.88 Å². The number of amides is 1. The number of anilines is 2. The quantitative estimate of drug-likeness (QED) is 0.537. The Labute approximate surface area is 184 Å². The Morgan fingerprint density at radius 2 is 2.03 bits per heavy atom. The third-order valence-electron chi connectivity index (χ3n) is 6.01. The first-order valence-electron chi connectivity index (χ1n) is 9.97. The summed E-state index contributed by atoms with van der Waals surface area (Å²) in [4.78, 5) is 20.7. The van der Waals surface area contributed by atoms with Crippen molar-refractivity contribution >= 4 is 39.7 Å². The number of thiazole rings is 1. The van der Waals surface area contributed by atoms with Gasteiger partial charge in [0.15, 0.2) is 5.13 Å². The van der Waals surface area contributed by atoms with Crippen molar-refractivity contribution in [2.24, 2.45) is 0 Å². The third kappa shape index (κ3) is 3.34. The van der Waals surface area contributed by atoms with E-state index in [1.54, 1.807) is 13.1 Å². The maximum Gasteiger partial charge on any atom is 0.219 e. The standard InChI is InChI=1S/C23H22ClN3O2S/c1-15-4-3-5-17(10-15)29-18-6-7-20-19(11-18)23(8-9-26(13-23)16(2)28)14-27(20)22-25-12-21(24)30-22/h3-7,10-12H,8-9,13-14H2,1-2H3. The minimum absolute atomic E-state index is 0.122. The zero-order valence-electron chi connectivity index (χ0n) is 16.9. The second-order valence-corrected chi connectivity index (χ2v) is 9.74. The minimum Gasteiger partial charge on any atom is -0.457 e. The molecule has 0 N–H and O–H groups in total. The van der Waals surface area contributed by atoms with Crippen LogP contribution in [0.1, 0.15) is 24.5 Å². The van der Waals surface area contributed by atoms with Crippen LogP contribution in [-0.4, -0.2) is 35.4 Å². The monoisotopic (exact) mass is 439 g/mol. The van der Waals surface area contributed by atoms with E-state index in [4.69, 9.17) is 16.3 Å². The van der Waals surface area contributed by atoms with Gasteiger partial charge < -0.3 is 14.5 Å². The molecular formula is C23H22ClN3O2S. The van der Waals surface area contributed by atoms with Crippen LogP contribution < -0.4 is 9.64 Å². The molecule has 5 nitrogen and oxygen atoms in total. The summed E-state index contributed by atoms with van der Waals surface area (Å²) in [6.07, 6.45) is 2.61. The van der Waals surface area contributed by atoms with Gasteiger partial charge in [-0.25, -0.2) is 4.98 Å². The average molecular weight is 440 g/mol. The van der Waals surface area contributed by atoms with Crippen LogP contribution >= 0.6 is 22.9 Å². The van der Waals surface area contributed by atoms with Gasteiger partial charge in [0.2, 0.25) is 5.91 Å². The number of hydrogen-bond donors (Lipinski definition) is 0. The maximum absolute atomic E-state index is 12.1. The fourth-order valence-electron chi connectivity index (χ4n) is 4.56. The topological polar surface area (TPSA) is 45.7 Å². The van der Waals surface area contributed by atoms with Gasteiger partial charge in [0.1, 0.15) is 15.8 Å². The smallest absolute Gasteiger partial charge is 0.219 e. The lowest BCUT2D eigenvalue weighted by Crippen LogP contribution is -2.36. The molecule has 0 aliphatic carbocycles. The Morgan fingerprint density at radius 3 is 2.73 bits per heavy atom. The summed E-state index contributed by atoms with van der Waals surface area (Å²) in [5.41, 5.74) is 3.35. The van der Waals surface area contributed by atoms with Gasteiger partial charge in [0, 0.05) is 37.7 Å². The van der Waals surface area contributed by atoms with Crippen LogP contribution in [0.2, 0.25) is 4.34 Å². The van der Waals surface area contributed by atoms with Gasteiger partial charge >= 0.3 is 0 Å². The molecule has 5 rings (SSSR count). The molecule has 3 heterocycles. The van der Waals surface area contributed by atoms with E-state index in [9.17, 15) is 4.79 Å². The van der Waals surface area contributed by atoms with E-state index in [1.165, 1.54) is 16.9 Å². The van der Waals surface area contributed by atoms with Gasteiger partial charge in [-0.05, 0) is 54.8 Å². The zero-order chi connectivity index (χ0) is 20.9. The largest absolute Gasteiger partial charge is 0.457 e. The fraction of sp³-hybridized carbons (Fsp3) is 0.304. The van der Waals surface area contributed by atoms with Gasteiger partial charge in [-0.15, -0.1) is 0 Å². The first-order valence-corrected chi connectivity index (χ1v) is 11.2. The molecule has 3 aromatic rings. The van der Waals surface area contributed by atoms with Gasteiger partial charge in [-0.1, -0.05) is 35.1 Å². The van der Waals surface area contributed by atoms with Crippen LogP contribution in [0.15, 0.2) is 48.7 Å². The molecule has 1 amide bonds. The molecule has 1 saturated heterocycles. The number of aryl methyl sites for hydroxylation is 1. The molecule has 30 heavy (non-hydrogen) atoms. The molecular weight excluding hydrogens is 418 g/mol. The van der Waals surface area contributed by atoms with Crippen molar-refractivity contribution in [1.29, 1.82) is 0 Å². The van der Waals surface area contributed by atoms with Crippen LogP contribution in [0.3, 0.4) is 0 Å². The van der Waals surface area contributed by atoms with Crippen molar-refractivity contribution in [3.63, 3.8) is 0 Å². The lowest BCUT2D eigenvalue weighted by Gasteiger charge is -2.25. The van der Waals surface area contributed by atoms with Crippen molar-refractivity contribution in [3.8, 4) is 11.5 Å². The zero-order valence-corrected chi connectivity index (χ0v) is 18.5. The predicted octanol–water partition coefficient (Wildman–Crippen LogP) is 5.54. The molecule has 2 aliphatic heterocycles. The van der Waals surface area contributed by atoms with E-state index < -0.39 is 0 Å². The molecule has 0 radical (unpaired) electrons. The van der Waals surface area contributed by atoms with Crippen LogP contribution in [-0.2, 0) is 10.2 Å². The Hall–Kier alpha value is -2.57. The number of halogens is 1. The first-order chi connectivity index (χ1) is 14.4. The predicted molar refractivity (Wildman–Crippen MR) is 120 cm³/mol. The van der Waals surface area contributed by atoms with E-state index in [2.05, 4.69) is 35.0 Å². The lowest BCUT2D eigenvalue weighted by molar-refractivity contribution is -0.127. The Morgan fingerprint density at radius 1 is 1.20 bits per heavy atom. The summed E-state index contributed by atoms with van der Waals surface area (Å²) in [5.74, 6) is 1.75. The van der Waals surface area contributed by atoms with Crippen LogP contribution in [0.5, 0.6) is 11.5 Å². The molecule has 1 fully saturated rings. The number of aromatic nitrogens is 1. The molecule has 2 aromatic carbocycles. The molecule has 0 saturated carbocycles. The van der Waals surface area contributed by atoms with Gasteiger partial charge in [-0.2, -0.15) is 0 Å². The molecule has 1 atom stereocenters. The number of likely N-dealkylation sites (tertiary alicyclic amines) is 1. The van der Waals surface area contributed by atoms with Gasteiger partial charge in [0.25, 0.3) is 0 Å². The molecule has 154 valence electrons. The molecule has 1 unspecified atom stereocenters. The number of rotatable bonds is 3. The summed E-state index contributed by atoms with van der Waals surface area (Å²) in [5, 5.41) is 0.881. The molecule has 1 aromatic heterocycles. The second kappa shape index (κ2) is 7.29. The van der Waals surface area contributed by atoms with E-state index in [-0.39, 0.29) is 11.3 Å². The number of nitrogens with zero attached hydrogens (tertiary/aromatic N) is 3. The third-order valence-corrected chi connectivity index (χ3v) is 7.15. The number of hydrogen-bond acceptors (Lipinski definition) is 5. The Balaban J connectivity index is 1.55.